The molecule has 7 nitrogen and oxygen atoms in total. The van der Waals surface area contributed by atoms with Gasteiger partial charge in [-0.25, -0.2) is 4.79 Å². The maximum Gasteiger partial charge on any atom is 0.410 e. The number of hydrogen-bond donors (Lipinski definition) is 1. The zero-order chi connectivity index (χ0) is 20.3. The second kappa shape index (κ2) is 8.49. The van der Waals surface area contributed by atoms with E-state index in [0.717, 1.165) is 19.5 Å². The van der Waals surface area contributed by atoms with Crippen LogP contribution in [0.2, 0.25) is 0 Å². The highest BCUT2D eigenvalue weighted by Crippen LogP contribution is 2.19. The number of carbonyl (C=O) groups is 2. The Balaban J connectivity index is 1.46. The molecule has 0 radical (unpaired) electrons. The van der Waals surface area contributed by atoms with E-state index in [1.165, 1.54) is 16.0 Å². The van der Waals surface area contributed by atoms with Crippen LogP contribution in [0, 0.1) is 0 Å². The number of β-amino-alcohol motifs (C(OH)–C–C–N with tert-alkyl or cyclic N) is 1. The number of carbonyl (C=O) groups excluding carboxylic acids is 2. The van der Waals surface area contributed by atoms with E-state index in [-0.39, 0.29) is 12.5 Å². The van der Waals surface area contributed by atoms with Crippen molar-refractivity contribution in [1.29, 1.82) is 0 Å². The molecule has 7 heteroatoms. The van der Waals surface area contributed by atoms with Crippen LogP contribution in [0.25, 0.3) is 0 Å². The van der Waals surface area contributed by atoms with Gasteiger partial charge in [0.05, 0.1) is 6.10 Å². The van der Waals surface area contributed by atoms with Gasteiger partial charge in [-0.1, -0.05) is 24.3 Å². The smallest absolute Gasteiger partial charge is 0.410 e. The molecule has 154 valence electrons. The van der Waals surface area contributed by atoms with Gasteiger partial charge in [-0.3, -0.25) is 14.6 Å². The molecule has 1 atom stereocenters. The third kappa shape index (κ3) is 5.45. The summed E-state index contributed by atoms with van der Waals surface area (Å²) in [6.45, 7) is 8.81. The Labute approximate surface area is 166 Å². The van der Waals surface area contributed by atoms with Crippen LogP contribution >= 0.6 is 0 Å². The van der Waals surface area contributed by atoms with Crippen LogP contribution in [0.15, 0.2) is 24.3 Å². The topological polar surface area (TPSA) is 73.3 Å². The molecule has 1 saturated heterocycles. The highest BCUT2D eigenvalue weighted by Gasteiger charge is 2.31. The van der Waals surface area contributed by atoms with Gasteiger partial charge in [0.2, 0.25) is 5.91 Å². The Hall–Kier alpha value is -2.12. The maximum absolute atomic E-state index is 12.4. The van der Waals surface area contributed by atoms with Gasteiger partial charge in [-0.2, -0.15) is 0 Å². The lowest BCUT2D eigenvalue weighted by Gasteiger charge is -2.37. The standard InChI is InChI=1S/C21H31N3O4/c1-21(2,3)28-20(27)24-11-10-23(19(26)15-24)14-18(25)13-22-9-8-16-6-4-5-7-17(16)12-22/h4-7,18,25H,8-15H2,1-3H3. The lowest BCUT2D eigenvalue weighted by atomic mass is 10.00. The summed E-state index contributed by atoms with van der Waals surface area (Å²) in [5.74, 6) is -0.153. The summed E-state index contributed by atoms with van der Waals surface area (Å²) in [6.07, 6.45) is -0.0913. The number of nitrogens with zero attached hydrogens (tertiary/aromatic N) is 3. The van der Waals surface area contributed by atoms with Crippen LogP contribution in [0.5, 0.6) is 0 Å². The zero-order valence-corrected chi connectivity index (χ0v) is 17.1. The average molecular weight is 389 g/mol. The maximum atomic E-state index is 12.4. The molecular weight excluding hydrogens is 358 g/mol. The summed E-state index contributed by atoms with van der Waals surface area (Å²) in [5.41, 5.74) is 2.10. The molecule has 1 fully saturated rings. The summed E-state index contributed by atoms with van der Waals surface area (Å²) < 4.78 is 5.33. The van der Waals surface area contributed by atoms with E-state index in [1.54, 1.807) is 25.7 Å². The molecule has 1 N–H and O–H groups in total. The molecule has 2 amide bonds. The molecule has 0 saturated carbocycles. The number of piperazine rings is 1. The molecule has 0 spiro atoms. The predicted molar refractivity (Wildman–Crippen MR) is 106 cm³/mol. The summed E-state index contributed by atoms with van der Waals surface area (Å²) in [6, 6.07) is 8.40. The Kier molecular flexibility index (Phi) is 6.25. The van der Waals surface area contributed by atoms with Crippen molar-refractivity contribution in [2.45, 2.75) is 45.4 Å². The highest BCUT2D eigenvalue weighted by molar-refractivity contribution is 5.83. The number of amides is 2. The molecule has 0 aliphatic carbocycles. The lowest BCUT2D eigenvalue weighted by molar-refractivity contribution is -0.137. The Morgan fingerprint density at radius 2 is 1.82 bits per heavy atom. The minimum Gasteiger partial charge on any atom is -0.444 e. The van der Waals surface area contributed by atoms with Gasteiger partial charge in [0.15, 0.2) is 0 Å². The number of ether oxygens (including phenoxy) is 1. The van der Waals surface area contributed by atoms with Crippen LogP contribution in [-0.2, 0) is 22.5 Å². The molecule has 2 heterocycles. The minimum atomic E-state index is -0.609. The molecule has 0 aromatic heterocycles. The molecular formula is C21H31N3O4. The fraction of sp³-hybridized carbons (Fsp3) is 0.619. The molecule has 28 heavy (non-hydrogen) atoms. The molecule has 1 aromatic carbocycles. The van der Waals surface area contributed by atoms with Crippen molar-refractivity contribution in [3.63, 3.8) is 0 Å². The number of hydrogen-bond acceptors (Lipinski definition) is 5. The Morgan fingerprint density at radius 1 is 1.11 bits per heavy atom. The second-order valence-corrected chi connectivity index (χ2v) is 8.65. The van der Waals surface area contributed by atoms with E-state index in [9.17, 15) is 14.7 Å². The first-order chi connectivity index (χ1) is 13.2. The SMILES string of the molecule is CC(C)(C)OC(=O)N1CCN(CC(O)CN2CCc3ccccc3C2)C(=O)C1. The summed E-state index contributed by atoms with van der Waals surface area (Å²) in [4.78, 5) is 29.8. The van der Waals surface area contributed by atoms with Crippen molar-refractivity contribution in [2.24, 2.45) is 0 Å². The molecule has 2 aliphatic heterocycles. The van der Waals surface area contributed by atoms with Crippen LogP contribution in [0.3, 0.4) is 0 Å². The Morgan fingerprint density at radius 3 is 2.50 bits per heavy atom. The van der Waals surface area contributed by atoms with E-state index >= 15 is 0 Å². The second-order valence-electron chi connectivity index (χ2n) is 8.65. The van der Waals surface area contributed by atoms with Gasteiger partial charge in [-0.15, -0.1) is 0 Å². The summed E-state index contributed by atoms with van der Waals surface area (Å²) in [7, 11) is 0. The van der Waals surface area contributed by atoms with Crippen molar-refractivity contribution >= 4 is 12.0 Å². The van der Waals surface area contributed by atoms with Crippen molar-refractivity contribution in [3.05, 3.63) is 35.4 Å². The minimum absolute atomic E-state index is 0.00127. The summed E-state index contributed by atoms with van der Waals surface area (Å²) in [5, 5.41) is 10.5. The quantitative estimate of drug-likeness (QED) is 0.845. The number of aliphatic hydroxyl groups excluding tert-OH is 1. The first-order valence-corrected chi connectivity index (χ1v) is 9.94. The van der Waals surface area contributed by atoms with Gasteiger partial charge in [0.1, 0.15) is 12.1 Å². The van der Waals surface area contributed by atoms with Gasteiger partial charge in [-0.05, 0) is 38.3 Å². The normalized spacial score (nSPS) is 19.4. The number of fused-ring (bicyclic) bond motifs is 1. The number of aliphatic hydroxyl groups is 1. The van der Waals surface area contributed by atoms with Crippen molar-refractivity contribution < 1.29 is 19.4 Å². The fourth-order valence-corrected chi connectivity index (χ4v) is 3.70. The van der Waals surface area contributed by atoms with Gasteiger partial charge in [0.25, 0.3) is 0 Å². The van der Waals surface area contributed by atoms with E-state index in [2.05, 4.69) is 23.1 Å². The molecule has 2 aliphatic rings. The Bertz CT molecular complexity index is 716. The third-order valence-corrected chi connectivity index (χ3v) is 5.08. The first-order valence-electron chi connectivity index (χ1n) is 9.94. The third-order valence-electron chi connectivity index (χ3n) is 5.08. The van der Waals surface area contributed by atoms with Crippen LogP contribution in [0.1, 0.15) is 31.9 Å². The van der Waals surface area contributed by atoms with E-state index in [4.69, 9.17) is 4.74 Å². The molecule has 0 bridgehead atoms. The van der Waals surface area contributed by atoms with E-state index in [0.29, 0.717) is 26.2 Å². The van der Waals surface area contributed by atoms with Gasteiger partial charge in [0, 0.05) is 39.3 Å². The predicted octanol–water partition coefficient (Wildman–Crippen LogP) is 1.48. The van der Waals surface area contributed by atoms with Crippen LogP contribution in [-0.4, -0.2) is 82.8 Å². The monoisotopic (exact) mass is 389 g/mol. The van der Waals surface area contributed by atoms with Crippen molar-refractivity contribution in [3.8, 4) is 0 Å². The van der Waals surface area contributed by atoms with Crippen LogP contribution < -0.4 is 0 Å². The highest BCUT2D eigenvalue weighted by atomic mass is 16.6. The van der Waals surface area contributed by atoms with Crippen molar-refractivity contribution in [1.82, 2.24) is 14.7 Å². The summed E-state index contributed by atoms with van der Waals surface area (Å²) >= 11 is 0. The fourth-order valence-electron chi connectivity index (χ4n) is 3.70. The van der Waals surface area contributed by atoms with E-state index < -0.39 is 17.8 Å². The number of rotatable bonds is 4. The largest absolute Gasteiger partial charge is 0.444 e. The lowest BCUT2D eigenvalue weighted by Crippen LogP contribution is -2.55. The van der Waals surface area contributed by atoms with Gasteiger partial charge < -0.3 is 14.7 Å². The number of benzene rings is 1. The molecule has 3 rings (SSSR count). The zero-order valence-electron chi connectivity index (χ0n) is 17.1. The van der Waals surface area contributed by atoms with E-state index in [1.807, 2.05) is 6.07 Å². The first kappa shape index (κ1) is 20.6. The van der Waals surface area contributed by atoms with Crippen LogP contribution in [0.4, 0.5) is 4.79 Å². The molecule has 1 aromatic rings. The molecule has 1 unspecified atom stereocenters. The van der Waals surface area contributed by atoms with Gasteiger partial charge >= 0.3 is 6.09 Å². The average Bonchev–Trinajstić information content (AvgIpc) is 2.62. The van der Waals surface area contributed by atoms with Crippen molar-refractivity contribution in [2.75, 3.05) is 39.3 Å².